The summed E-state index contributed by atoms with van der Waals surface area (Å²) in [5.74, 6) is 0.407. The van der Waals surface area contributed by atoms with E-state index in [-0.39, 0.29) is 11.9 Å². The Morgan fingerprint density at radius 2 is 2.12 bits per heavy atom. The molecule has 2 atom stereocenters. The average Bonchev–Trinajstić information content (AvgIpc) is 3.24. The monoisotopic (exact) mass is 332 g/mol. The first kappa shape index (κ1) is 17.4. The number of likely N-dealkylation sites (tertiary alicyclic amines) is 1. The number of halogens is 1. The zero-order chi connectivity index (χ0) is 17.3. The quantitative estimate of drug-likeness (QED) is 0.672. The summed E-state index contributed by atoms with van der Waals surface area (Å²) in [4.78, 5) is 2.33. The molecule has 4 nitrogen and oxygen atoms in total. The SMILES string of the molecule is C=C(NC(CC1CC1)c1ccc(C(N)N)c(F)c1)C1CCCN1C. The maximum absolute atomic E-state index is 14.3. The Morgan fingerprint density at radius 1 is 1.38 bits per heavy atom. The van der Waals surface area contributed by atoms with E-state index in [0.29, 0.717) is 11.6 Å². The Morgan fingerprint density at radius 3 is 2.67 bits per heavy atom. The van der Waals surface area contributed by atoms with Crippen LogP contribution < -0.4 is 16.8 Å². The summed E-state index contributed by atoms with van der Waals surface area (Å²) in [6, 6.07) is 5.69. The molecule has 1 heterocycles. The zero-order valence-electron chi connectivity index (χ0n) is 14.5. The Balaban J connectivity index is 1.76. The fourth-order valence-electron chi connectivity index (χ4n) is 3.67. The topological polar surface area (TPSA) is 67.3 Å². The fraction of sp³-hybridized carbons (Fsp3) is 0.579. The lowest BCUT2D eigenvalue weighted by Gasteiger charge is -2.28. The van der Waals surface area contributed by atoms with E-state index in [1.165, 1.54) is 19.3 Å². The standard InChI is InChI=1S/C19H29FN4/c1-12(18-4-3-9-24(18)2)23-17(10-13-5-6-13)14-7-8-15(19(21)22)16(20)11-14/h7-8,11,13,17-19,23H,1,3-6,9-10,21-22H2,2H3. The first-order chi connectivity index (χ1) is 11.5. The second kappa shape index (κ2) is 7.21. The van der Waals surface area contributed by atoms with Gasteiger partial charge < -0.3 is 16.8 Å². The molecule has 1 aromatic carbocycles. The lowest BCUT2D eigenvalue weighted by atomic mass is 9.97. The third-order valence-corrected chi connectivity index (χ3v) is 5.33. The van der Waals surface area contributed by atoms with E-state index >= 15 is 0 Å². The highest BCUT2D eigenvalue weighted by Crippen LogP contribution is 2.38. The highest BCUT2D eigenvalue weighted by atomic mass is 19.1. The molecule has 2 fully saturated rings. The molecule has 0 radical (unpaired) electrons. The molecule has 0 aromatic heterocycles. The van der Waals surface area contributed by atoms with Crippen LogP contribution in [0.25, 0.3) is 0 Å². The fourth-order valence-corrected chi connectivity index (χ4v) is 3.67. The molecule has 132 valence electrons. The van der Waals surface area contributed by atoms with Crippen molar-refractivity contribution in [2.24, 2.45) is 17.4 Å². The normalized spacial score (nSPS) is 22.8. The van der Waals surface area contributed by atoms with Gasteiger partial charge in [0.15, 0.2) is 0 Å². The van der Waals surface area contributed by atoms with Crippen molar-refractivity contribution in [1.82, 2.24) is 10.2 Å². The van der Waals surface area contributed by atoms with Crippen LogP contribution in [0.4, 0.5) is 4.39 Å². The van der Waals surface area contributed by atoms with Crippen LogP contribution in [-0.2, 0) is 0 Å². The summed E-state index contributed by atoms with van der Waals surface area (Å²) in [6.07, 6.45) is 5.10. The van der Waals surface area contributed by atoms with Crippen LogP contribution in [0, 0.1) is 11.7 Å². The molecule has 5 N–H and O–H groups in total. The van der Waals surface area contributed by atoms with Gasteiger partial charge >= 0.3 is 0 Å². The highest BCUT2D eigenvalue weighted by molar-refractivity contribution is 5.29. The lowest BCUT2D eigenvalue weighted by Crippen LogP contribution is -2.34. The summed E-state index contributed by atoms with van der Waals surface area (Å²) in [7, 11) is 2.14. The number of nitrogens with zero attached hydrogens (tertiary/aromatic N) is 1. The van der Waals surface area contributed by atoms with Crippen molar-refractivity contribution in [1.29, 1.82) is 0 Å². The number of hydrogen-bond acceptors (Lipinski definition) is 4. The highest BCUT2D eigenvalue weighted by Gasteiger charge is 2.29. The molecule has 2 unspecified atom stereocenters. The minimum atomic E-state index is -0.781. The summed E-state index contributed by atoms with van der Waals surface area (Å²) >= 11 is 0. The smallest absolute Gasteiger partial charge is 0.129 e. The molecular formula is C19H29FN4. The van der Waals surface area contributed by atoms with E-state index < -0.39 is 6.17 Å². The third kappa shape index (κ3) is 3.97. The largest absolute Gasteiger partial charge is 0.381 e. The molecule has 5 heteroatoms. The molecule has 1 aliphatic heterocycles. The Kier molecular flexibility index (Phi) is 5.23. The van der Waals surface area contributed by atoms with Crippen molar-refractivity contribution >= 4 is 0 Å². The summed E-state index contributed by atoms with van der Waals surface area (Å²) in [5, 5.41) is 3.59. The number of hydrogen-bond donors (Lipinski definition) is 3. The van der Waals surface area contributed by atoms with E-state index in [4.69, 9.17) is 11.5 Å². The zero-order valence-corrected chi connectivity index (χ0v) is 14.5. The van der Waals surface area contributed by atoms with Gasteiger partial charge in [0, 0.05) is 17.3 Å². The molecule has 3 rings (SSSR count). The minimum Gasteiger partial charge on any atom is -0.381 e. The van der Waals surface area contributed by atoms with Crippen molar-refractivity contribution in [3.8, 4) is 0 Å². The number of nitrogens with one attached hydrogen (secondary N) is 1. The van der Waals surface area contributed by atoms with Gasteiger partial charge in [-0.15, -0.1) is 0 Å². The molecule has 24 heavy (non-hydrogen) atoms. The molecule has 1 saturated carbocycles. The number of nitrogens with two attached hydrogens (primary N) is 2. The summed E-state index contributed by atoms with van der Waals surface area (Å²) < 4.78 is 14.3. The van der Waals surface area contributed by atoms with E-state index in [1.54, 1.807) is 12.1 Å². The first-order valence-corrected chi connectivity index (χ1v) is 8.91. The molecule has 0 bridgehead atoms. The number of rotatable bonds is 7. The molecule has 1 aliphatic carbocycles. The van der Waals surface area contributed by atoms with Gasteiger partial charge in [-0.25, -0.2) is 4.39 Å². The summed E-state index contributed by atoms with van der Waals surface area (Å²) in [5.41, 5.74) is 13.6. The van der Waals surface area contributed by atoms with Crippen LogP contribution in [0.2, 0.25) is 0 Å². The van der Waals surface area contributed by atoms with Crippen molar-refractivity contribution in [2.45, 2.75) is 50.4 Å². The van der Waals surface area contributed by atoms with Gasteiger partial charge in [-0.1, -0.05) is 31.6 Å². The maximum Gasteiger partial charge on any atom is 0.129 e. The second-order valence-corrected chi connectivity index (χ2v) is 7.35. The Bertz CT molecular complexity index is 597. The van der Waals surface area contributed by atoms with E-state index in [0.717, 1.165) is 36.6 Å². The van der Waals surface area contributed by atoms with Crippen LogP contribution in [0.3, 0.4) is 0 Å². The van der Waals surface area contributed by atoms with E-state index in [1.807, 2.05) is 6.07 Å². The predicted molar refractivity (Wildman–Crippen MR) is 95.5 cm³/mol. The molecular weight excluding hydrogens is 303 g/mol. The van der Waals surface area contributed by atoms with Crippen LogP contribution >= 0.6 is 0 Å². The molecule has 1 aromatic rings. The van der Waals surface area contributed by atoms with E-state index in [2.05, 4.69) is 23.8 Å². The van der Waals surface area contributed by atoms with Gasteiger partial charge in [0.05, 0.1) is 12.2 Å². The number of likely N-dealkylation sites (N-methyl/N-ethyl adjacent to an activating group) is 1. The van der Waals surface area contributed by atoms with Crippen molar-refractivity contribution in [3.05, 3.63) is 47.4 Å². The minimum absolute atomic E-state index is 0.0940. The van der Waals surface area contributed by atoms with Crippen molar-refractivity contribution in [3.63, 3.8) is 0 Å². The third-order valence-electron chi connectivity index (χ3n) is 5.33. The van der Waals surface area contributed by atoms with Gasteiger partial charge in [-0.3, -0.25) is 4.90 Å². The van der Waals surface area contributed by atoms with Crippen molar-refractivity contribution < 1.29 is 4.39 Å². The van der Waals surface area contributed by atoms with Crippen LogP contribution in [0.5, 0.6) is 0 Å². The maximum atomic E-state index is 14.3. The lowest BCUT2D eigenvalue weighted by molar-refractivity contribution is 0.325. The Labute approximate surface area is 144 Å². The van der Waals surface area contributed by atoms with Gasteiger partial charge in [0.2, 0.25) is 0 Å². The molecule has 0 spiro atoms. The van der Waals surface area contributed by atoms with Crippen LogP contribution in [0.15, 0.2) is 30.5 Å². The summed E-state index contributed by atoms with van der Waals surface area (Å²) in [6.45, 7) is 5.37. The van der Waals surface area contributed by atoms with Crippen LogP contribution in [-0.4, -0.2) is 24.5 Å². The van der Waals surface area contributed by atoms with Gasteiger partial charge in [0.25, 0.3) is 0 Å². The van der Waals surface area contributed by atoms with Gasteiger partial charge in [-0.05, 0) is 50.4 Å². The van der Waals surface area contributed by atoms with Gasteiger partial charge in [0.1, 0.15) is 5.82 Å². The predicted octanol–water partition coefficient (Wildman–Crippen LogP) is 2.78. The van der Waals surface area contributed by atoms with E-state index in [9.17, 15) is 4.39 Å². The number of benzene rings is 1. The molecule has 2 aliphatic rings. The Hall–Kier alpha value is -1.43. The average molecular weight is 332 g/mol. The second-order valence-electron chi connectivity index (χ2n) is 7.35. The molecule has 0 amide bonds. The first-order valence-electron chi connectivity index (χ1n) is 8.91. The van der Waals surface area contributed by atoms with Crippen molar-refractivity contribution in [2.75, 3.05) is 13.6 Å². The van der Waals surface area contributed by atoms with Gasteiger partial charge in [-0.2, -0.15) is 0 Å². The van der Waals surface area contributed by atoms with Crippen LogP contribution in [0.1, 0.15) is 55.4 Å². The molecule has 1 saturated heterocycles.